The third-order valence-electron chi connectivity index (χ3n) is 4.44. The number of hydrogen-bond acceptors (Lipinski definition) is 11. The summed E-state index contributed by atoms with van der Waals surface area (Å²) >= 11 is 0. The number of rotatable bonds is 8. The molecule has 0 spiro atoms. The molecule has 0 radical (unpaired) electrons. The first kappa shape index (κ1) is 22.6. The summed E-state index contributed by atoms with van der Waals surface area (Å²) in [6.07, 6.45) is -11.9. The Balaban J connectivity index is 3.10. The summed E-state index contributed by atoms with van der Waals surface area (Å²) in [5.74, 6) is 0. The lowest BCUT2D eigenvalue weighted by Gasteiger charge is -2.48. The van der Waals surface area contributed by atoms with Crippen molar-refractivity contribution in [3.05, 3.63) is 0 Å². The van der Waals surface area contributed by atoms with Gasteiger partial charge in [0.1, 0.15) is 41.7 Å². The van der Waals surface area contributed by atoms with Crippen molar-refractivity contribution in [3.63, 3.8) is 0 Å². The first-order valence-electron chi connectivity index (χ1n) is 7.83. The monoisotopic (exact) mass is 371 g/mol. The van der Waals surface area contributed by atoms with Gasteiger partial charge in [-0.3, -0.25) is 0 Å². The molecule has 11 nitrogen and oxygen atoms in total. The van der Waals surface area contributed by atoms with Crippen LogP contribution in [-0.2, 0) is 9.47 Å². The molecule has 10 N–H and O–H groups in total. The lowest BCUT2D eigenvalue weighted by Crippen LogP contribution is -2.67. The summed E-state index contributed by atoms with van der Waals surface area (Å²) in [5, 5.41) is 78.7. The van der Waals surface area contributed by atoms with Gasteiger partial charge in [-0.15, -0.1) is 0 Å². The summed E-state index contributed by atoms with van der Waals surface area (Å²) in [6, 6.07) is 0. The Morgan fingerprint density at radius 3 is 2.20 bits per heavy atom. The Morgan fingerprint density at radius 2 is 1.76 bits per heavy atom. The molecule has 1 aliphatic rings. The Bertz CT molecular complexity index is 424. The average molecular weight is 371 g/mol. The summed E-state index contributed by atoms with van der Waals surface area (Å²) in [5.41, 5.74) is 1.49. The van der Waals surface area contributed by atoms with Crippen LogP contribution in [0.5, 0.6) is 0 Å². The second-order valence-electron chi connectivity index (χ2n) is 6.75. The van der Waals surface area contributed by atoms with Crippen LogP contribution in [0.2, 0.25) is 0 Å². The summed E-state index contributed by atoms with van der Waals surface area (Å²) in [6.45, 7) is 0.375. The van der Waals surface area contributed by atoms with E-state index >= 15 is 0 Å². The van der Waals surface area contributed by atoms with E-state index < -0.39 is 67.3 Å². The van der Waals surface area contributed by atoms with Crippen LogP contribution < -0.4 is 5.73 Å². The molecule has 1 heterocycles. The number of hydrogen-bond donors (Lipinski definition) is 9. The van der Waals surface area contributed by atoms with Gasteiger partial charge in [-0.25, -0.2) is 0 Å². The van der Waals surface area contributed by atoms with Crippen molar-refractivity contribution in [1.82, 2.24) is 0 Å². The third-order valence-corrected chi connectivity index (χ3v) is 4.44. The molecule has 150 valence electrons. The fourth-order valence-corrected chi connectivity index (χ4v) is 2.52. The summed E-state index contributed by atoms with van der Waals surface area (Å²) < 4.78 is 10.6. The van der Waals surface area contributed by atoms with Gasteiger partial charge in [0.2, 0.25) is 0 Å². The molecule has 0 aromatic rings. The second kappa shape index (κ2) is 8.50. The molecule has 6 unspecified atom stereocenters. The molecule has 0 bridgehead atoms. The quantitative estimate of drug-likeness (QED) is 0.197. The molecule has 0 aromatic heterocycles. The zero-order chi connectivity index (χ0) is 19.6. The smallest absolute Gasteiger partial charge is 0.187 e. The highest BCUT2D eigenvalue weighted by molar-refractivity contribution is 4.99. The van der Waals surface area contributed by atoms with Crippen LogP contribution in [0.15, 0.2) is 0 Å². The van der Waals surface area contributed by atoms with Gasteiger partial charge in [0.25, 0.3) is 0 Å². The highest BCUT2D eigenvalue weighted by Gasteiger charge is 2.53. The van der Waals surface area contributed by atoms with Crippen molar-refractivity contribution >= 4 is 0 Å². The van der Waals surface area contributed by atoms with Gasteiger partial charge in [-0.05, 0) is 13.8 Å². The molecular weight excluding hydrogens is 342 g/mol. The van der Waals surface area contributed by atoms with Crippen LogP contribution in [0.4, 0.5) is 0 Å². The molecule has 1 saturated heterocycles. The predicted octanol–water partition coefficient (Wildman–Crippen LogP) is -5.01. The topological polar surface area (TPSA) is 206 Å². The van der Waals surface area contributed by atoms with Gasteiger partial charge >= 0.3 is 0 Å². The lowest BCUT2D eigenvalue weighted by molar-refractivity contribution is -0.359. The van der Waals surface area contributed by atoms with E-state index in [1.807, 2.05) is 0 Å². The maximum absolute atomic E-state index is 10.2. The van der Waals surface area contributed by atoms with Crippen LogP contribution in [0.1, 0.15) is 13.8 Å². The molecule has 0 amide bonds. The normalized spacial score (nSPS) is 39.5. The van der Waals surface area contributed by atoms with Crippen molar-refractivity contribution < 1.29 is 50.3 Å². The molecule has 9 atom stereocenters. The van der Waals surface area contributed by atoms with E-state index in [2.05, 4.69) is 0 Å². The average Bonchev–Trinajstić information content (AvgIpc) is 2.60. The molecule has 1 fully saturated rings. The van der Waals surface area contributed by atoms with Crippen molar-refractivity contribution in [2.24, 2.45) is 5.73 Å². The van der Waals surface area contributed by atoms with Gasteiger partial charge in [0, 0.05) is 6.54 Å². The maximum Gasteiger partial charge on any atom is 0.187 e. The van der Waals surface area contributed by atoms with E-state index in [1.165, 1.54) is 6.92 Å². The Labute approximate surface area is 144 Å². The van der Waals surface area contributed by atoms with Gasteiger partial charge in [-0.1, -0.05) is 0 Å². The molecule has 0 aliphatic carbocycles. The summed E-state index contributed by atoms with van der Waals surface area (Å²) in [4.78, 5) is 0. The standard InChI is InChI=1S/C14H29NO10/c1-13(23,4-16)11(7(19)6(18)3-15)24-12-9(21)8(20)10(22)14(2,5-17)25-12/h6-12,16-23H,3-5,15H2,1-2H3/t6?,7?,8?,9?,10-,11+,12-,13?,14?/m1/s1. The molecule has 11 heteroatoms. The molecule has 0 aromatic carbocycles. The van der Waals surface area contributed by atoms with Gasteiger partial charge in [0.05, 0.1) is 19.3 Å². The molecule has 0 saturated carbocycles. The summed E-state index contributed by atoms with van der Waals surface area (Å²) in [7, 11) is 0. The van der Waals surface area contributed by atoms with E-state index in [9.17, 15) is 40.9 Å². The van der Waals surface area contributed by atoms with Gasteiger partial charge in [0.15, 0.2) is 6.29 Å². The first-order chi connectivity index (χ1) is 11.4. The number of aliphatic hydroxyl groups is 8. The van der Waals surface area contributed by atoms with Crippen molar-refractivity contribution in [3.8, 4) is 0 Å². The zero-order valence-corrected chi connectivity index (χ0v) is 14.1. The fourth-order valence-electron chi connectivity index (χ4n) is 2.52. The Morgan fingerprint density at radius 1 is 1.20 bits per heavy atom. The third kappa shape index (κ3) is 4.64. The fraction of sp³-hybridized carbons (Fsp3) is 1.00. The zero-order valence-electron chi connectivity index (χ0n) is 14.1. The minimum absolute atomic E-state index is 0.383. The van der Waals surface area contributed by atoms with Crippen molar-refractivity contribution in [1.29, 1.82) is 0 Å². The lowest BCUT2D eigenvalue weighted by atomic mass is 9.88. The Hall–Kier alpha value is -0.440. The van der Waals surface area contributed by atoms with E-state index in [0.717, 1.165) is 6.92 Å². The SMILES string of the molecule is CC(O)(CO)[C@@H](O[C@@H]1OC(C)(CO)[C@H](O)C(O)C1O)C(O)C(O)CN. The molecular formula is C14H29NO10. The Kier molecular flexibility index (Phi) is 7.68. The van der Waals surface area contributed by atoms with Crippen LogP contribution >= 0.6 is 0 Å². The number of ether oxygens (including phenoxy) is 2. The molecule has 1 aliphatic heterocycles. The van der Waals surface area contributed by atoms with Crippen molar-refractivity contribution in [2.45, 2.75) is 68.0 Å². The largest absolute Gasteiger partial charge is 0.393 e. The van der Waals surface area contributed by atoms with Gasteiger partial charge < -0.3 is 56.1 Å². The highest BCUT2D eigenvalue weighted by Crippen LogP contribution is 2.32. The van der Waals surface area contributed by atoms with Gasteiger partial charge in [-0.2, -0.15) is 0 Å². The van der Waals surface area contributed by atoms with E-state index in [0.29, 0.717) is 0 Å². The minimum atomic E-state index is -2.07. The molecule has 25 heavy (non-hydrogen) atoms. The number of aliphatic hydroxyl groups excluding tert-OH is 7. The van der Waals surface area contributed by atoms with E-state index in [-0.39, 0.29) is 6.54 Å². The first-order valence-corrected chi connectivity index (χ1v) is 7.83. The molecule has 1 rings (SSSR count). The van der Waals surface area contributed by atoms with E-state index in [1.54, 1.807) is 0 Å². The van der Waals surface area contributed by atoms with Crippen LogP contribution in [0.25, 0.3) is 0 Å². The predicted molar refractivity (Wildman–Crippen MR) is 82.0 cm³/mol. The van der Waals surface area contributed by atoms with Crippen LogP contribution in [-0.4, -0.2) is 115 Å². The second-order valence-corrected chi connectivity index (χ2v) is 6.75. The van der Waals surface area contributed by atoms with Crippen LogP contribution in [0, 0.1) is 0 Å². The number of nitrogens with two attached hydrogens (primary N) is 1. The minimum Gasteiger partial charge on any atom is -0.393 e. The highest BCUT2D eigenvalue weighted by atomic mass is 16.7. The van der Waals surface area contributed by atoms with Crippen LogP contribution in [0.3, 0.4) is 0 Å². The van der Waals surface area contributed by atoms with Crippen molar-refractivity contribution in [2.75, 3.05) is 19.8 Å². The maximum atomic E-state index is 10.2. The van der Waals surface area contributed by atoms with E-state index in [4.69, 9.17) is 15.2 Å².